The lowest BCUT2D eigenvalue weighted by Gasteiger charge is -2.09. The predicted octanol–water partition coefficient (Wildman–Crippen LogP) is 3.52. The fourth-order valence-corrected chi connectivity index (χ4v) is 3.37. The van der Waals surface area contributed by atoms with E-state index in [4.69, 9.17) is 4.74 Å². The number of alkyl halides is 2. The van der Waals surface area contributed by atoms with Gasteiger partial charge < -0.3 is 4.74 Å². The van der Waals surface area contributed by atoms with Crippen LogP contribution in [-0.2, 0) is 23.1 Å². The molecule has 1 aliphatic carbocycles. The zero-order valence-electron chi connectivity index (χ0n) is 15.9. The first kappa shape index (κ1) is 18.5. The molecule has 9 heteroatoms. The molecule has 0 aliphatic heterocycles. The molecule has 3 heterocycles. The number of nitrogens with zero attached hydrogens (tertiary/aromatic N) is 5. The first-order chi connectivity index (χ1) is 13.4. The second-order valence-corrected chi connectivity index (χ2v) is 6.99. The number of ether oxygens (including phenoxy) is 1. The number of aromatic nitrogens is 5. The maximum absolute atomic E-state index is 14.0. The summed E-state index contributed by atoms with van der Waals surface area (Å²) >= 11 is 0. The van der Waals surface area contributed by atoms with Gasteiger partial charge in [0.1, 0.15) is 6.54 Å². The van der Waals surface area contributed by atoms with Crippen molar-refractivity contribution in [2.24, 2.45) is 7.05 Å². The molecule has 0 amide bonds. The van der Waals surface area contributed by atoms with Crippen molar-refractivity contribution in [2.45, 2.75) is 45.6 Å². The fourth-order valence-electron chi connectivity index (χ4n) is 3.37. The van der Waals surface area contributed by atoms with E-state index in [-0.39, 0.29) is 30.3 Å². The maximum atomic E-state index is 14.0. The molecule has 0 saturated heterocycles. The van der Waals surface area contributed by atoms with Crippen LogP contribution in [0.4, 0.5) is 8.78 Å². The van der Waals surface area contributed by atoms with Crippen LogP contribution in [0.3, 0.4) is 0 Å². The standard InChI is InChI=1S/C19H21F2N5O2/c1-4-28-15(27)9-26-19-16(17(24-26)11-5-6-11)12(18(20)21)7-14(23-19)13-8-22-25(3)10(13)2/h7-8,11,18H,4-6,9H2,1-3H3. The maximum Gasteiger partial charge on any atom is 0.327 e. The highest BCUT2D eigenvalue weighted by Gasteiger charge is 2.33. The van der Waals surface area contributed by atoms with Gasteiger partial charge in [0.2, 0.25) is 0 Å². The van der Waals surface area contributed by atoms with Crippen molar-refractivity contribution in [1.29, 1.82) is 0 Å². The first-order valence-corrected chi connectivity index (χ1v) is 9.24. The van der Waals surface area contributed by atoms with Crippen molar-refractivity contribution in [1.82, 2.24) is 24.5 Å². The van der Waals surface area contributed by atoms with Crippen LogP contribution < -0.4 is 0 Å². The summed E-state index contributed by atoms with van der Waals surface area (Å²) in [7, 11) is 1.78. The average Bonchev–Trinajstić information content (AvgIpc) is 3.36. The molecule has 3 aromatic heterocycles. The van der Waals surface area contributed by atoms with Gasteiger partial charge in [-0.05, 0) is 32.8 Å². The molecular weight excluding hydrogens is 368 g/mol. The third kappa shape index (κ3) is 3.14. The van der Waals surface area contributed by atoms with Gasteiger partial charge in [0, 0.05) is 29.8 Å². The van der Waals surface area contributed by atoms with Crippen LogP contribution in [0.25, 0.3) is 22.3 Å². The topological polar surface area (TPSA) is 74.8 Å². The highest BCUT2D eigenvalue weighted by molar-refractivity contribution is 5.87. The van der Waals surface area contributed by atoms with E-state index < -0.39 is 12.4 Å². The van der Waals surface area contributed by atoms with E-state index in [1.54, 1.807) is 24.9 Å². The van der Waals surface area contributed by atoms with Crippen molar-refractivity contribution < 1.29 is 18.3 Å². The van der Waals surface area contributed by atoms with Crippen molar-refractivity contribution in [3.8, 4) is 11.3 Å². The van der Waals surface area contributed by atoms with Gasteiger partial charge in [-0.25, -0.2) is 18.4 Å². The molecule has 7 nitrogen and oxygen atoms in total. The highest BCUT2D eigenvalue weighted by atomic mass is 19.3. The zero-order valence-corrected chi connectivity index (χ0v) is 15.9. The molecule has 4 rings (SSSR count). The minimum Gasteiger partial charge on any atom is -0.465 e. The van der Waals surface area contributed by atoms with E-state index in [1.165, 1.54) is 10.7 Å². The Balaban J connectivity index is 1.94. The van der Waals surface area contributed by atoms with Crippen LogP contribution in [0.5, 0.6) is 0 Å². The lowest BCUT2D eigenvalue weighted by atomic mass is 10.0. The van der Waals surface area contributed by atoms with Gasteiger partial charge in [0.15, 0.2) is 5.65 Å². The first-order valence-electron chi connectivity index (χ1n) is 9.24. The van der Waals surface area contributed by atoms with E-state index in [2.05, 4.69) is 15.2 Å². The smallest absolute Gasteiger partial charge is 0.327 e. The Hall–Kier alpha value is -2.84. The summed E-state index contributed by atoms with van der Waals surface area (Å²) in [5.74, 6) is -0.339. The molecule has 1 saturated carbocycles. The number of carbonyl (C=O) groups excluding carboxylic acids is 1. The molecule has 1 aliphatic rings. The second-order valence-electron chi connectivity index (χ2n) is 6.99. The quantitative estimate of drug-likeness (QED) is 0.603. The molecule has 1 fully saturated rings. The summed E-state index contributed by atoms with van der Waals surface area (Å²) in [4.78, 5) is 16.6. The van der Waals surface area contributed by atoms with Crippen LogP contribution in [0.2, 0.25) is 0 Å². The number of rotatable bonds is 6. The van der Waals surface area contributed by atoms with Crippen molar-refractivity contribution in [3.63, 3.8) is 0 Å². The summed E-state index contributed by atoms with van der Waals surface area (Å²) in [6.45, 7) is 3.64. The molecule has 0 spiro atoms. The molecule has 0 radical (unpaired) electrons. The lowest BCUT2D eigenvalue weighted by molar-refractivity contribution is -0.143. The number of fused-ring (bicyclic) bond motifs is 1. The molecule has 148 valence electrons. The van der Waals surface area contributed by atoms with Gasteiger partial charge in [0.25, 0.3) is 6.43 Å². The average molecular weight is 389 g/mol. The largest absolute Gasteiger partial charge is 0.465 e. The molecule has 3 aromatic rings. The third-order valence-electron chi connectivity index (χ3n) is 5.05. The monoisotopic (exact) mass is 389 g/mol. The van der Waals surface area contributed by atoms with Crippen LogP contribution >= 0.6 is 0 Å². The van der Waals surface area contributed by atoms with E-state index in [1.807, 2.05) is 6.92 Å². The van der Waals surface area contributed by atoms with Gasteiger partial charge >= 0.3 is 5.97 Å². The van der Waals surface area contributed by atoms with Crippen LogP contribution in [0, 0.1) is 6.92 Å². The van der Waals surface area contributed by atoms with Crippen LogP contribution in [-0.4, -0.2) is 37.1 Å². The summed E-state index contributed by atoms with van der Waals surface area (Å²) in [5, 5.41) is 9.01. The number of pyridine rings is 1. The summed E-state index contributed by atoms with van der Waals surface area (Å²) in [5.41, 5.74) is 2.64. The SMILES string of the molecule is CCOC(=O)Cn1nc(C2CC2)c2c(C(F)F)cc(-c3cnn(C)c3C)nc21. The van der Waals surface area contributed by atoms with E-state index in [9.17, 15) is 13.6 Å². The number of aryl methyl sites for hydroxylation is 1. The van der Waals surface area contributed by atoms with Gasteiger partial charge in [-0.2, -0.15) is 10.2 Å². The van der Waals surface area contributed by atoms with E-state index in [0.29, 0.717) is 22.3 Å². The number of hydrogen-bond donors (Lipinski definition) is 0. The molecule has 0 bridgehead atoms. The number of carbonyl (C=O) groups is 1. The Morgan fingerprint density at radius 3 is 2.71 bits per heavy atom. The Morgan fingerprint density at radius 2 is 2.14 bits per heavy atom. The number of halogens is 2. The summed E-state index contributed by atoms with van der Waals surface area (Å²) < 4.78 is 36.0. The Bertz CT molecular complexity index is 1050. The van der Waals surface area contributed by atoms with Gasteiger partial charge in [-0.1, -0.05) is 0 Å². The minimum absolute atomic E-state index is 0.111. The van der Waals surface area contributed by atoms with E-state index in [0.717, 1.165) is 18.5 Å². The van der Waals surface area contributed by atoms with Gasteiger partial charge in [-0.3, -0.25) is 9.48 Å². The van der Waals surface area contributed by atoms with Crippen LogP contribution in [0.1, 0.15) is 49.1 Å². The normalized spacial score (nSPS) is 14.2. The summed E-state index contributed by atoms with van der Waals surface area (Å²) in [6.07, 6.45) is 0.723. The Kier molecular flexibility index (Phi) is 4.60. The molecule has 0 aromatic carbocycles. The Morgan fingerprint density at radius 1 is 1.39 bits per heavy atom. The second kappa shape index (κ2) is 6.96. The fraction of sp³-hybridized carbons (Fsp3) is 0.474. The molecule has 0 N–H and O–H groups in total. The van der Waals surface area contributed by atoms with Crippen molar-refractivity contribution >= 4 is 17.0 Å². The van der Waals surface area contributed by atoms with Gasteiger partial charge in [0.05, 0.1) is 29.6 Å². The van der Waals surface area contributed by atoms with Crippen molar-refractivity contribution in [3.05, 3.63) is 29.2 Å². The molecule has 28 heavy (non-hydrogen) atoms. The lowest BCUT2D eigenvalue weighted by Crippen LogP contribution is -2.15. The summed E-state index contributed by atoms with van der Waals surface area (Å²) in [6, 6.07) is 1.42. The molecule has 0 unspecified atom stereocenters. The zero-order chi connectivity index (χ0) is 20.0. The third-order valence-corrected chi connectivity index (χ3v) is 5.05. The van der Waals surface area contributed by atoms with Crippen molar-refractivity contribution in [2.75, 3.05) is 6.61 Å². The number of esters is 1. The highest BCUT2D eigenvalue weighted by Crippen LogP contribution is 2.45. The molecule has 0 atom stereocenters. The minimum atomic E-state index is -2.68. The number of hydrogen-bond acceptors (Lipinski definition) is 5. The van der Waals surface area contributed by atoms with Crippen LogP contribution in [0.15, 0.2) is 12.3 Å². The predicted molar refractivity (Wildman–Crippen MR) is 98.0 cm³/mol. The molecular formula is C19H21F2N5O2. The van der Waals surface area contributed by atoms with Gasteiger partial charge in [-0.15, -0.1) is 0 Å². The Labute approximate surface area is 160 Å². The van der Waals surface area contributed by atoms with E-state index >= 15 is 0 Å².